The molecule has 5 aliphatic heterocycles. The number of rotatable bonds is 9. The fraction of sp³-hybridized carbons (Fsp3) is 0.720. The SMILES string of the molecule is CC(NC(=O)Cn1cnnn1)[C@H]1C(=O)N2C(C(=O)O)=C(S[C@@H]3CN[C@H](C(=O)N4C[C@@H]5CNC[C@]5(CO)C4)C3)[C@H](C)[C@H]12. The van der Waals surface area contributed by atoms with Crippen molar-refractivity contribution in [2.75, 3.05) is 39.3 Å². The molecule has 0 bridgehead atoms. The average Bonchev–Trinajstić information content (AvgIpc) is 3.73. The minimum absolute atomic E-state index is 0.000462. The molecule has 0 aliphatic carbocycles. The molecule has 1 aromatic heterocycles. The van der Waals surface area contributed by atoms with Gasteiger partial charge in [0, 0.05) is 60.3 Å². The molecule has 0 aromatic carbocycles. The van der Waals surface area contributed by atoms with E-state index in [1.807, 2.05) is 11.8 Å². The third-order valence-corrected chi connectivity index (χ3v) is 10.9. The molecule has 1 unspecified atom stereocenters. The predicted molar refractivity (Wildman–Crippen MR) is 144 cm³/mol. The molecule has 222 valence electrons. The Labute approximate surface area is 240 Å². The minimum Gasteiger partial charge on any atom is -0.477 e. The van der Waals surface area contributed by atoms with Crippen LogP contribution in [0.1, 0.15) is 20.3 Å². The Bertz CT molecular complexity index is 1280. The summed E-state index contributed by atoms with van der Waals surface area (Å²) >= 11 is 1.43. The van der Waals surface area contributed by atoms with E-state index in [0.717, 1.165) is 6.54 Å². The molecule has 41 heavy (non-hydrogen) atoms. The predicted octanol–water partition coefficient (Wildman–Crippen LogP) is -2.55. The van der Waals surface area contributed by atoms with Gasteiger partial charge >= 0.3 is 5.97 Å². The quantitative estimate of drug-likeness (QED) is 0.190. The van der Waals surface area contributed by atoms with Crippen molar-refractivity contribution in [3.63, 3.8) is 0 Å². The van der Waals surface area contributed by atoms with E-state index in [1.165, 1.54) is 27.7 Å². The zero-order chi connectivity index (χ0) is 29.1. The van der Waals surface area contributed by atoms with Crippen LogP contribution in [0.3, 0.4) is 0 Å². The molecule has 3 amide bonds. The number of nitrogens with one attached hydrogen (secondary N) is 3. The lowest BCUT2D eigenvalue weighted by Gasteiger charge is -2.47. The Morgan fingerprint density at radius 3 is 2.80 bits per heavy atom. The molecule has 5 aliphatic rings. The normalized spacial score (nSPS) is 35.0. The Balaban J connectivity index is 1.09. The Morgan fingerprint density at radius 2 is 2.12 bits per heavy atom. The number of aliphatic hydroxyl groups excluding tert-OH is 1. The summed E-state index contributed by atoms with van der Waals surface area (Å²) < 4.78 is 1.28. The number of β-lactam (4-membered cyclic amide) rings is 1. The van der Waals surface area contributed by atoms with Gasteiger partial charge in [-0.25, -0.2) is 9.48 Å². The number of carbonyl (C=O) groups is 4. The van der Waals surface area contributed by atoms with Gasteiger partial charge < -0.3 is 36.0 Å². The first-order chi connectivity index (χ1) is 19.6. The van der Waals surface area contributed by atoms with E-state index in [9.17, 15) is 29.4 Å². The van der Waals surface area contributed by atoms with Gasteiger partial charge in [-0.2, -0.15) is 0 Å². The Hall–Kier alpha value is -3.08. The van der Waals surface area contributed by atoms with E-state index >= 15 is 0 Å². The van der Waals surface area contributed by atoms with Crippen molar-refractivity contribution in [2.24, 2.45) is 23.2 Å². The smallest absolute Gasteiger partial charge is 0.353 e. The number of carbonyl (C=O) groups excluding carboxylic acids is 3. The molecule has 8 atom stereocenters. The number of hydrogen-bond acceptors (Lipinski definition) is 11. The number of thioether (sulfide) groups is 1. The van der Waals surface area contributed by atoms with Crippen LogP contribution >= 0.6 is 11.8 Å². The maximum absolute atomic E-state index is 13.4. The van der Waals surface area contributed by atoms with E-state index in [-0.39, 0.29) is 71.2 Å². The van der Waals surface area contributed by atoms with Gasteiger partial charge in [0.2, 0.25) is 17.7 Å². The fourth-order valence-electron chi connectivity index (χ4n) is 7.28. The van der Waals surface area contributed by atoms with Gasteiger partial charge in [0.25, 0.3) is 0 Å². The molecule has 16 heteroatoms. The summed E-state index contributed by atoms with van der Waals surface area (Å²) in [6.45, 7) is 6.82. The average molecular weight is 590 g/mol. The van der Waals surface area contributed by atoms with Crippen LogP contribution in [0.2, 0.25) is 0 Å². The number of tetrazole rings is 1. The summed E-state index contributed by atoms with van der Waals surface area (Å²) in [6, 6.07) is -1.26. The standard InChI is InChI=1S/C25H35N9O6S/c1-12-19-18(13(2)29-17(36)7-33-11-28-30-31-33)23(38)34(19)20(24(39)40)21(12)41-15-3-16(27-5-15)22(37)32-6-14-4-26-8-25(14,9-32)10-35/h11-16,18-19,26-27,35H,3-10H2,1-2H3,(H,29,36)(H,39,40)/t12-,13?,14+,15+,16+,18-,19-,25-/m1/s1. The molecule has 6 heterocycles. The second-order valence-electron chi connectivity index (χ2n) is 11.9. The molecule has 5 N–H and O–H groups in total. The highest BCUT2D eigenvalue weighted by Crippen LogP contribution is 2.52. The Kier molecular flexibility index (Phi) is 7.28. The molecule has 4 fully saturated rings. The first-order valence-corrected chi connectivity index (χ1v) is 14.8. The number of carboxylic acid groups (broad SMARTS) is 1. The second-order valence-corrected chi connectivity index (χ2v) is 13.2. The van der Waals surface area contributed by atoms with E-state index in [0.29, 0.717) is 37.5 Å². The third kappa shape index (κ3) is 4.70. The van der Waals surface area contributed by atoms with Crippen LogP contribution in [0.5, 0.6) is 0 Å². The number of nitrogens with zero attached hydrogens (tertiary/aromatic N) is 6. The molecule has 15 nitrogen and oxygen atoms in total. The minimum atomic E-state index is -1.16. The number of aliphatic hydroxyl groups is 1. The van der Waals surface area contributed by atoms with Gasteiger partial charge in [-0.3, -0.25) is 14.4 Å². The van der Waals surface area contributed by atoms with Gasteiger partial charge in [0.1, 0.15) is 18.6 Å². The van der Waals surface area contributed by atoms with Crippen LogP contribution in [0.15, 0.2) is 16.9 Å². The van der Waals surface area contributed by atoms with Crippen molar-refractivity contribution < 1.29 is 29.4 Å². The van der Waals surface area contributed by atoms with Crippen molar-refractivity contribution >= 4 is 35.5 Å². The van der Waals surface area contributed by atoms with Crippen molar-refractivity contribution in [3.05, 3.63) is 16.9 Å². The third-order valence-electron chi connectivity index (χ3n) is 9.40. The maximum Gasteiger partial charge on any atom is 0.353 e. The van der Waals surface area contributed by atoms with E-state index in [2.05, 4.69) is 31.5 Å². The first-order valence-electron chi connectivity index (χ1n) is 13.9. The fourth-order valence-corrected chi connectivity index (χ4v) is 8.76. The zero-order valence-electron chi connectivity index (χ0n) is 22.9. The van der Waals surface area contributed by atoms with E-state index < -0.39 is 17.9 Å². The van der Waals surface area contributed by atoms with Crippen LogP contribution in [0, 0.1) is 23.2 Å². The maximum atomic E-state index is 13.4. The molecular weight excluding hydrogens is 554 g/mol. The summed E-state index contributed by atoms with van der Waals surface area (Å²) in [6.07, 6.45) is 1.87. The first kappa shape index (κ1) is 28.1. The van der Waals surface area contributed by atoms with Crippen molar-refractivity contribution in [1.82, 2.24) is 46.0 Å². The number of amides is 3. The van der Waals surface area contributed by atoms with E-state index in [4.69, 9.17) is 0 Å². The molecular formula is C25H35N9O6S. The van der Waals surface area contributed by atoms with Crippen LogP contribution in [0.4, 0.5) is 0 Å². The molecule has 0 spiro atoms. The Morgan fingerprint density at radius 1 is 1.32 bits per heavy atom. The lowest BCUT2D eigenvalue weighted by atomic mass is 9.78. The van der Waals surface area contributed by atoms with Gasteiger partial charge in [-0.1, -0.05) is 6.92 Å². The largest absolute Gasteiger partial charge is 0.477 e. The van der Waals surface area contributed by atoms with Crippen LogP contribution in [0.25, 0.3) is 0 Å². The number of aliphatic carboxylic acids is 1. The second kappa shape index (κ2) is 10.6. The lowest BCUT2D eigenvalue weighted by Crippen LogP contribution is -2.66. The summed E-state index contributed by atoms with van der Waals surface area (Å²) in [4.78, 5) is 55.2. The van der Waals surface area contributed by atoms with Gasteiger partial charge in [-0.05, 0) is 29.7 Å². The molecule has 0 radical (unpaired) electrons. The topological polar surface area (TPSA) is 195 Å². The van der Waals surface area contributed by atoms with Crippen LogP contribution in [-0.4, -0.2) is 127 Å². The molecule has 1 aromatic rings. The molecule has 0 saturated carbocycles. The number of fused-ring (bicyclic) bond motifs is 2. The number of carboxylic acids is 1. The monoisotopic (exact) mass is 589 g/mol. The van der Waals surface area contributed by atoms with Gasteiger partial charge in [0.05, 0.1) is 24.6 Å². The highest BCUT2D eigenvalue weighted by atomic mass is 32.2. The number of likely N-dealkylation sites (tertiary alicyclic amines) is 1. The summed E-state index contributed by atoms with van der Waals surface area (Å²) in [5, 5.41) is 40.2. The van der Waals surface area contributed by atoms with Crippen LogP contribution in [-0.2, 0) is 25.7 Å². The van der Waals surface area contributed by atoms with E-state index in [1.54, 1.807) is 6.92 Å². The highest BCUT2D eigenvalue weighted by Gasteiger charge is 2.60. The lowest BCUT2D eigenvalue weighted by molar-refractivity contribution is -0.158. The van der Waals surface area contributed by atoms with Crippen molar-refractivity contribution in [2.45, 2.75) is 50.2 Å². The molecule has 4 saturated heterocycles. The van der Waals surface area contributed by atoms with Crippen molar-refractivity contribution in [3.8, 4) is 0 Å². The molecule has 6 rings (SSSR count). The zero-order valence-corrected chi connectivity index (χ0v) is 23.7. The summed E-state index contributed by atoms with van der Waals surface area (Å²) in [5.41, 5.74) is -0.273. The van der Waals surface area contributed by atoms with Crippen molar-refractivity contribution in [1.29, 1.82) is 0 Å². The van der Waals surface area contributed by atoms with Gasteiger partial charge in [0.15, 0.2) is 0 Å². The number of hydrogen-bond donors (Lipinski definition) is 5. The summed E-state index contributed by atoms with van der Waals surface area (Å²) in [5.74, 6) is -2.37. The highest BCUT2D eigenvalue weighted by molar-refractivity contribution is 8.03. The van der Waals surface area contributed by atoms with Gasteiger partial charge in [-0.15, -0.1) is 16.9 Å². The van der Waals surface area contributed by atoms with Crippen LogP contribution < -0.4 is 16.0 Å². The summed E-state index contributed by atoms with van der Waals surface area (Å²) in [7, 11) is 0. The number of aromatic nitrogens is 4.